The molecule has 6 heteroatoms. The molecule has 1 amide bonds. The maximum Gasteiger partial charge on any atom is 0.246 e. The van der Waals surface area contributed by atoms with Crippen molar-refractivity contribution in [2.45, 2.75) is 45.6 Å². The minimum absolute atomic E-state index is 0.150. The molecule has 1 aliphatic carbocycles. The third-order valence-electron chi connectivity index (χ3n) is 4.54. The van der Waals surface area contributed by atoms with Gasteiger partial charge in [0.2, 0.25) is 17.6 Å². The van der Waals surface area contributed by atoms with E-state index in [0.717, 1.165) is 31.2 Å². The molecule has 0 saturated heterocycles. The largest absolute Gasteiger partial charge is 0.337 e. The number of rotatable bonds is 5. The summed E-state index contributed by atoms with van der Waals surface area (Å²) in [6.07, 6.45) is 5.53. The van der Waals surface area contributed by atoms with E-state index in [4.69, 9.17) is 16.1 Å². The predicted octanol–water partition coefficient (Wildman–Crippen LogP) is 4.32. The van der Waals surface area contributed by atoms with Gasteiger partial charge in [0, 0.05) is 23.0 Å². The van der Waals surface area contributed by atoms with Gasteiger partial charge in [-0.3, -0.25) is 4.79 Å². The Morgan fingerprint density at radius 1 is 1.25 bits per heavy atom. The van der Waals surface area contributed by atoms with E-state index in [2.05, 4.69) is 10.1 Å². The van der Waals surface area contributed by atoms with Gasteiger partial charge < -0.3 is 9.42 Å². The molecule has 1 saturated carbocycles. The summed E-state index contributed by atoms with van der Waals surface area (Å²) in [5.41, 5.74) is 0.844. The van der Waals surface area contributed by atoms with E-state index in [1.54, 1.807) is 12.1 Å². The summed E-state index contributed by atoms with van der Waals surface area (Å²) >= 11 is 5.89. The summed E-state index contributed by atoms with van der Waals surface area (Å²) in [7, 11) is 0. The summed E-state index contributed by atoms with van der Waals surface area (Å²) < 4.78 is 5.33. The minimum Gasteiger partial charge on any atom is -0.337 e. The fraction of sp³-hybridized carbons (Fsp3) is 0.500. The normalized spacial score (nSPS) is 15.4. The van der Waals surface area contributed by atoms with Crippen molar-refractivity contribution in [2.75, 3.05) is 6.54 Å². The Bertz CT molecular complexity index is 678. The zero-order valence-corrected chi connectivity index (χ0v) is 14.6. The van der Waals surface area contributed by atoms with Gasteiger partial charge >= 0.3 is 0 Å². The number of hydrogen-bond acceptors (Lipinski definition) is 4. The van der Waals surface area contributed by atoms with Crippen molar-refractivity contribution >= 4 is 17.5 Å². The Kier molecular flexibility index (Phi) is 5.51. The average Bonchev–Trinajstić information content (AvgIpc) is 3.09. The van der Waals surface area contributed by atoms with Gasteiger partial charge in [-0.25, -0.2) is 0 Å². The fourth-order valence-electron chi connectivity index (χ4n) is 3.15. The van der Waals surface area contributed by atoms with Crippen LogP contribution in [0.1, 0.15) is 44.9 Å². The highest BCUT2D eigenvalue weighted by Crippen LogP contribution is 2.26. The van der Waals surface area contributed by atoms with Crippen LogP contribution in [0, 0.1) is 5.92 Å². The monoisotopic (exact) mass is 347 g/mol. The first-order valence-electron chi connectivity index (χ1n) is 8.54. The number of halogens is 1. The van der Waals surface area contributed by atoms with Crippen LogP contribution in [-0.4, -0.2) is 27.5 Å². The number of amides is 1. The van der Waals surface area contributed by atoms with Gasteiger partial charge in [-0.15, -0.1) is 0 Å². The maximum atomic E-state index is 12.7. The van der Waals surface area contributed by atoms with Gasteiger partial charge in [0.15, 0.2) is 0 Å². The van der Waals surface area contributed by atoms with E-state index >= 15 is 0 Å². The SMILES string of the molecule is CCN(Cc1nc(-c2ccc(Cl)cc2)no1)C(=O)C1CCCCC1. The van der Waals surface area contributed by atoms with Crippen LogP contribution in [0.15, 0.2) is 28.8 Å². The van der Waals surface area contributed by atoms with Crippen molar-refractivity contribution in [3.63, 3.8) is 0 Å². The fourth-order valence-corrected chi connectivity index (χ4v) is 3.28. The van der Waals surface area contributed by atoms with E-state index in [9.17, 15) is 4.79 Å². The minimum atomic E-state index is 0.150. The lowest BCUT2D eigenvalue weighted by Crippen LogP contribution is -2.36. The van der Waals surface area contributed by atoms with E-state index in [-0.39, 0.29) is 11.8 Å². The maximum absolute atomic E-state index is 12.7. The highest BCUT2D eigenvalue weighted by Gasteiger charge is 2.26. The smallest absolute Gasteiger partial charge is 0.246 e. The van der Waals surface area contributed by atoms with Crippen molar-refractivity contribution in [3.05, 3.63) is 35.2 Å². The molecule has 1 aromatic heterocycles. The molecule has 128 valence electrons. The van der Waals surface area contributed by atoms with Gasteiger partial charge in [0.1, 0.15) is 0 Å². The molecule has 0 spiro atoms. The van der Waals surface area contributed by atoms with Crippen molar-refractivity contribution in [3.8, 4) is 11.4 Å². The number of carbonyl (C=O) groups is 1. The first-order chi connectivity index (χ1) is 11.7. The molecule has 1 aliphatic rings. The first kappa shape index (κ1) is 17.0. The first-order valence-corrected chi connectivity index (χ1v) is 8.92. The third kappa shape index (κ3) is 3.96. The Labute approximate surface area is 147 Å². The molecule has 0 aliphatic heterocycles. The second kappa shape index (κ2) is 7.79. The number of aromatic nitrogens is 2. The number of benzene rings is 1. The van der Waals surface area contributed by atoms with Gasteiger partial charge in [-0.1, -0.05) is 36.0 Å². The molecule has 5 nitrogen and oxygen atoms in total. The molecule has 0 radical (unpaired) electrons. The van der Waals surface area contributed by atoms with E-state index < -0.39 is 0 Å². The standard InChI is InChI=1S/C18H22ClN3O2/c1-2-22(18(23)14-6-4-3-5-7-14)12-16-20-17(21-24-16)13-8-10-15(19)11-9-13/h8-11,14H,2-7,12H2,1H3. The summed E-state index contributed by atoms with van der Waals surface area (Å²) in [5.74, 6) is 1.34. The molecule has 0 N–H and O–H groups in total. The van der Waals surface area contributed by atoms with Gasteiger partial charge in [0.25, 0.3) is 0 Å². The third-order valence-corrected chi connectivity index (χ3v) is 4.80. The molecule has 1 aromatic carbocycles. The quantitative estimate of drug-likeness (QED) is 0.808. The van der Waals surface area contributed by atoms with Crippen LogP contribution in [0.3, 0.4) is 0 Å². The summed E-state index contributed by atoms with van der Waals surface area (Å²) in [6.45, 7) is 3.00. The van der Waals surface area contributed by atoms with E-state index in [1.807, 2.05) is 24.0 Å². The number of hydrogen-bond donors (Lipinski definition) is 0. The van der Waals surface area contributed by atoms with Crippen LogP contribution in [-0.2, 0) is 11.3 Å². The van der Waals surface area contributed by atoms with Crippen LogP contribution in [0.25, 0.3) is 11.4 Å². The van der Waals surface area contributed by atoms with Crippen LogP contribution in [0.5, 0.6) is 0 Å². The molecule has 24 heavy (non-hydrogen) atoms. The lowest BCUT2D eigenvalue weighted by molar-refractivity contribution is -0.137. The second-order valence-corrected chi connectivity index (χ2v) is 6.64. The van der Waals surface area contributed by atoms with Gasteiger partial charge in [-0.2, -0.15) is 4.98 Å². The molecular formula is C18H22ClN3O2. The zero-order valence-electron chi connectivity index (χ0n) is 13.9. The van der Waals surface area contributed by atoms with Crippen molar-refractivity contribution in [1.29, 1.82) is 0 Å². The lowest BCUT2D eigenvalue weighted by atomic mass is 9.88. The Morgan fingerprint density at radius 2 is 1.96 bits per heavy atom. The van der Waals surface area contributed by atoms with Crippen molar-refractivity contribution in [2.24, 2.45) is 5.92 Å². The Balaban J connectivity index is 1.67. The van der Waals surface area contributed by atoms with E-state index in [1.165, 1.54) is 6.42 Å². The molecule has 0 atom stereocenters. The average molecular weight is 348 g/mol. The molecule has 1 fully saturated rings. The molecule has 0 unspecified atom stereocenters. The summed E-state index contributed by atoms with van der Waals surface area (Å²) in [4.78, 5) is 18.9. The highest BCUT2D eigenvalue weighted by molar-refractivity contribution is 6.30. The van der Waals surface area contributed by atoms with Crippen LogP contribution in [0.2, 0.25) is 5.02 Å². The van der Waals surface area contributed by atoms with Gasteiger partial charge in [-0.05, 0) is 44.0 Å². The van der Waals surface area contributed by atoms with Crippen LogP contribution >= 0.6 is 11.6 Å². The highest BCUT2D eigenvalue weighted by atomic mass is 35.5. The molecule has 0 bridgehead atoms. The van der Waals surface area contributed by atoms with Crippen LogP contribution in [0.4, 0.5) is 0 Å². The van der Waals surface area contributed by atoms with Gasteiger partial charge in [0.05, 0.1) is 6.54 Å². The Hall–Kier alpha value is -1.88. The molecule has 1 heterocycles. The number of carbonyl (C=O) groups excluding carboxylic acids is 1. The number of nitrogens with zero attached hydrogens (tertiary/aromatic N) is 3. The molecule has 3 rings (SSSR count). The molecular weight excluding hydrogens is 326 g/mol. The van der Waals surface area contributed by atoms with Crippen molar-refractivity contribution in [1.82, 2.24) is 15.0 Å². The van der Waals surface area contributed by atoms with Crippen LogP contribution < -0.4 is 0 Å². The topological polar surface area (TPSA) is 59.2 Å². The zero-order chi connectivity index (χ0) is 16.9. The lowest BCUT2D eigenvalue weighted by Gasteiger charge is -2.27. The summed E-state index contributed by atoms with van der Waals surface area (Å²) in [6, 6.07) is 7.28. The van der Waals surface area contributed by atoms with Crippen molar-refractivity contribution < 1.29 is 9.32 Å². The molecule has 2 aromatic rings. The Morgan fingerprint density at radius 3 is 2.62 bits per heavy atom. The predicted molar refractivity (Wildman–Crippen MR) is 92.4 cm³/mol. The summed E-state index contributed by atoms with van der Waals surface area (Å²) in [5, 5.41) is 4.67. The van der Waals surface area contributed by atoms with E-state index in [0.29, 0.717) is 29.8 Å². The second-order valence-electron chi connectivity index (χ2n) is 6.21.